The molecule has 10 nitrogen and oxygen atoms in total. The maximum atomic E-state index is 11.3. The van der Waals surface area contributed by atoms with Gasteiger partial charge in [-0.3, -0.25) is 0 Å². The minimum Gasteiger partial charge on any atom is -0.399 e. The largest absolute Gasteiger partial charge is 0.399 e. The minimum atomic E-state index is -4.07. The Balaban J connectivity index is 2.49. The van der Waals surface area contributed by atoms with Crippen LogP contribution in [0.3, 0.4) is 0 Å². The van der Waals surface area contributed by atoms with Crippen LogP contribution in [0.4, 0.5) is 0 Å². The highest BCUT2D eigenvalue weighted by molar-refractivity contribution is 7.90. The highest BCUT2D eigenvalue weighted by atomic mass is 32.2. The summed E-state index contributed by atoms with van der Waals surface area (Å²) in [6.45, 7) is -0.668. The fraction of sp³-hybridized carbons (Fsp3) is 0.714. The molecule has 0 aromatic heterocycles. The Morgan fingerprint density at radius 1 is 1.67 bits per heavy atom. The maximum absolute atomic E-state index is 11.3. The molecule has 1 saturated heterocycles. The number of rotatable bonds is 2. The van der Waals surface area contributed by atoms with E-state index in [0.717, 1.165) is 0 Å². The molecule has 2 aliphatic rings. The highest BCUT2D eigenvalue weighted by Crippen LogP contribution is 2.43. The summed E-state index contributed by atoms with van der Waals surface area (Å²) in [7, 11) is -4.07. The van der Waals surface area contributed by atoms with Gasteiger partial charge in [-0.25, -0.2) is 4.18 Å². The summed E-state index contributed by atoms with van der Waals surface area (Å²) in [6, 6.07) is 0. The van der Waals surface area contributed by atoms with Crippen LogP contribution in [0, 0.1) is 0 Å². The Labute approximate surface area is 101 Å². The van der Waals surface area contributed by atoms with E-state index in [0.29, 0.717) is 5.41 Å². The summed E-state index contributed by atoms with van der Waals surface area (Å²) in [5, 5.41) is 22.9. The third-order valence-corrected chi connectivity index (χ3v) is 3.85. The summed E-state index contributed by atoms with van der Waals surface area (Å²) in [5.74, 6) is 0. The van der Waals surface area contributed by atoms with E-state index < -0.39 is 40.8 Å². The molecule has 0 aromatic carbocycles. The normalized spacial score (nSPS) is 41.7. The summed E-state index contributed by atoms with van der Waals surface area (Å²) < 4.78 is 32.5. The Morgan fingerprint density at radius 2 is 2.33 bits per heavy atom. The summed E-state index contributed by atoms with van der Waals surface area (Å²) in [5.41, 5.74) is 11.6. The molecule has 1 spiro atoms. The van der Waals surface area contributed by atoms with Crippen LogP contribution in [-0.2, 0) is 19.0 Å². The van der Waals surface area contributed by atoms with Crippen LogP contribution in [0.25, 0.3) is 10.4 Å². The van der Waals surface area contributed by atoms with Gasteiger partial charge in [-0.15, -0.1) is 0 Å². The van der Waals surface area contributed by atoms with Gasteiger partial charge in [0, 0.05) is 4.91 Å². The lowest BCUT2D eigenvalue weighted by Crippen LogP contribution is -2.53. The average Bonchev–Trinajstić information content (AvgIpc) is 2.68. The topological polar surface area (TPSA) is 168 Å². The zero-order valence-electron chi connectivity index (χ0n) is 8.87. The van der Waals surface area contributed by atoms with Gasteiger partial charge in [0.15, 0.2) is 11.8 Å². The second kappa shape index (κ2) is 4.09. The van der Waals surface area contributed by atoms with Crippen LogP contribution in [0.5, 0.6) is 0 Å². The molecule has 0 saturated carbocycles. The lowest BCUT2D eigenvalue weighted by molar-refractivity contribution is -0.0433. The summed E-state index contributed by atoms with van der Waals surface area (Å²) >= 11 is 0. The third-order valence-electron chi connectivity index (χ3n) is 2.80. The fourth-order valence-corrected chi connectivity index (χ4v) is 3.27. The molecular formula is C7H10N4O6S. The van der Waals surface area contributed by atoms with Crippen LogP contribution >= 0.6 is 0 Å². The van der Waals surface area contributed by atoms with Crippen molar-refractivity contribution in [2.24, 2.45) is 10.8 Å². The van der Waals surface area contributed by atoms with Gasteiger partial charge in [0.25, 0.3) is 10.1 Å². The highest BCUT2D eigenvalue weighted by Gasteiger charge is 2.63. The fourth-order valence-electron chi connectivity index (χ4n) is 2.04. The Kier molecular flexibility index (Phi) is 2.97. The first kappa shape index (κ1) is 13.1. The van der Waals surface area contributed by atoms with Gasteiger partial charge in [-0.2, -0.15) is 8.42 Å². The number of aliphatic hydroxyl groups excluding tert-OH is 2. The van der Waals surface area contributed by atoms with Crippen molar-refractivity contribution in [1.82, 2.24) is 0 Å². The molecule has 0 amide bonds. The van der Waals surface area contributed by atoms with E-state index >= 15 is 0 Å². The van der Waals surface area contributed by atoms with Crippen LogP contribution in [0.2, 0.25) is 0 Å². The molecule has 0 aromatic rings. The number of hydrogen-bond donors (Lipinski definition) is 3. The van der Waals surface area contributed by atoms with Crippen molar-refractivity contribution in [3.63, 3.8) is 0 Å². The summed E-state index contributed by atoms with van der Waals surface area (Å²) in [4.78, 5) is 2.45. The van der Waals surface area contributed by atoms with Crippen molar-refractivity contribution in [3.05, 3.63) is 21.5 Å². The van der Waals surface area contributed by atoms with Gasteiger partial charge in [-0.05, 0) is 5.53 Å². The zero-order valence-corrected chi connectivity index (χ0v) is 9.69. The first-order valence-electron chi connectivity index (χ1n) is 4.79. The van der Waals surface area contributed by atoms with Crippen molar-refractivity contribution in [1.29, 1.82) is 0 Å². The molecule has 2 aliphatic heterocycles. The van der Waals surface area contributed by atoms with Crippen molar-refractivity contribution in [2.75, 3.05) is 6.61 Å². The van der Waals surface area contributed by atoms with Crippen LogP contribution in [0.1, 0.15) is 0 Å². The Morgan fingerprint density at radius 3 is 2.78 bits per heavy atom. The molecule has 0 unspecified atom stereocenters. The van der Waals surface area contributed by atoms with Gasteiger partial charge < -0.3 is 20.7 Å². The molecule has 4 atom stereocenters. The number of azide groups is 1. The molecule has 0 bridgehead atoms. The maximum Gasteiger partial charge on any atom is 0.292 e. The molecule has 1 fully saturated rings. The third kappa shape index (κ3) is 1.65. The van der Waals surface area contributed by atoms with E-state index in [1.54, 1.807) is 0 Å². The van der Waals surface area contributed by atoms with E-state index in [1.807, 2.05) is 0 Å². The smallest absolute Gasteiger partial charge is 0.292 e. The summed E-state index contributed by atoms with van der Waals surface area (Å²) in [6.07, 6.45) is -4.29. The number of hydrogen-bond acceptors (Lipinski definition) is 8. The van der Waals surface area contributed by atoms with Gasteiger partial charge in [0.2, 0.25) is 0 Å². The van der Waals surface area contributed by atoms with E-state index in [1.165, 1.54) is 0 Å². The SMILES string of the molecule is [N-]=[N+]=N[C@@H]1O[C@H](CO)[C@@]2(OS(=O)(=O)C=C2N)[C@H]1O. The van der Waals surface area contributed by atoms with Gasteiger partial charge in [-0.1, -0.05) is 5.11 Å². The van der Waals surface area contributed by atoms with E-state index in [4.69, 9.17) is 25.3 Å². The molecule has 2 rings (SSSR count). The van der Waals surface area contributed by atoms with Gasteiger partial charge >= 0.3 is 0 Å². The predicted molar refractivity (Wildman–Crippen MR) is 55.9 cm³/mol. The van der Waals surface area contributed by atoms with E-state index in [9.17, 15) is 13.5 Å². The van der Waals surface area contributed by atoms with Crippen molar-refractivity contribution >= 4 is 10.1 Å². The quantitative estimate of drug-likeness (QED) is 0.233. The first-order valence-corrected chi connectivity index (χ1v) is 6.26. The van der Waals surface area contributed by atoms with E-state index in [-0.39, 0.29) is 5.70 Å². The van der Waals surface area contributed by atoms with Crippen LogP contribution < -0.4 is 5.73 Å². The van der Waals surface area contributed by atoms with E-state index in [2.05, 4.69) is 10.0 Å². The lowest BCUT2D eigenvalue weighted by atomic mass is 9.90. The minimum absolute atomic E-state index is 0.315. The zero-order chi connectivity index (χ0) is 13.6. The predicted octanol–water partition coefficient (Wildman–Crippen LogP) is -1.73. The molecule has 4 N–H and O–H groups in total. The monoisotopic (exact) mass is 278 g/mol. The molecule has 0 aliphatic carbocycles. The van der Waals surface area contributed by atoms with Gasteiger partial charge in [0.05, 0.1) is 17.7 Å². The van der Waals surface area contributed by atoms with Crippen molar-refractivity contribution < 1.29 is 27.6 Å². The van der Waals surface area contributed by atoms with Crippen LogP contribution in [-0.4, -0.2) is 49.3 Å². The van der Waals surface area contributed by atoms with Gasteiger partial charge in [0.1, 0.15) is 12.2 Å². The number of nitrogens with zero attached hydrogens (tertiary/aromatic N) is 3. The Hall–Kier alpha value is -1.36. The Bertz CT molecular complexity index is 540. The second-order valence-electron chi connectivity index (χ2n) is 3.79. The van der Waals surface area contributed by atoms with Crippen molar-refractivity contribution in [3.8, 4) is 0 Å². The van der Waals surface area contributed by atoms with Crippen LogP contribution in [0.15, 0.2) is 16.2 Å². The first-order chi connectivity index (χ1) is 8.37. The standard InChI is InChI=1S/C7H10N4O6S/c8-3-2-18(14,15)17-7(3)4(1-12)16-6(5(7)13)10-11-9/h2,4-6,12-13H,1,8H2/t4-,5+,6-,7-/m1/s1. The van der Waals surface area contributed by atoms with Crippen molar-refractivity contribution in [2.45, 2.75) is 24.0 Å². The second-order valence-corrected chi connectivity index (χ2v) is 5.18. The molecule has 11 heteroatoms. The lowest BCUT2D eigenvalue weighted by Gasteiger charge is -2.29. The molecule has 0 radical (unpaired) electrons. The molecule has 18 heavy (non-hydrogen) atoms. The number of aliphatic hydroxyl groups is 2. The number of nitrogens with two attached hydrogens (primary N) is 1. The number of ether oxygens (including phenoxy) is 1. The molecule has 2 heterocycles. The molecular weight excluding hydrogens is 268 g/mol. The molecule has 100 valence electrons. The average molecular weight is 278 g/mol.